The van der Waals surface area contributed by atoms with Gasteiger partial charge in [-0.2, -0.15) is 0 Å². The fourth-order valence-electron chi connectivity index (χ4n) is 0.866. The first-order valence-corrected chi connectivity index (χ1v) is 5.18. The number of carbonyl (C=O) groups is 1. The van der Waals surface area contributed by atoms with Crippen LogP contribution >= 0.6 is 15.9 Å². The second kappa shape index (κ2) is 5.02. The van der Waals surface area contributed by atoms with Gasteiger partial charge in [0.1, 0.15) is 5.75 Å². The molecule has 0 saturated carbocycles. The van der Waals surface area contributed by atoms with Crippen molar-refractivity contribution in [2.24, 2.45) is 0 Å². The van der Waals surface area contributed by atoms with Crippen molar-refractivity contribution in [3.8, 4) is 5.75 Å². The Balaban J connectivity index is 2.54. The molecule has 0 saturated heterocycles. The van der Waals surface area contributed by atoms with E-state index in [1.54, 1.807) is 12.1 Å². The second-order valence-electron chi connectivity index (χ2n) is 2.73. The minimum absolute atomic E-state index is 0.208. The third-order valence-corrected chi connectivity index (χ3v) is 1.95. The third-order valence-electron chi connectivity index (χ3n) is 1.55. The largest absolute Gasteiger partial charge is 0.427 e. The molecule has 0 aliphatic carbocycles. The van der Waals surface area contributed by atoms with Gasteiger partial charge in [0.25, 0.3) is 0 Å². The molecule has 70 valence electrons. The zero-order valence-electron chi connectivity index (χ0n) is 7.42. The lowest BCUT2D eigenvalue weighted by molar-refractivity contribution is -0.133. The second-order valence-corrected chi connectivity index (χ2v) is 3.52. The number of hydrogen-bond donors (Lipinski definition) is 0. The van der Waals surface area contributed by atoms with Gasteiger partial charge in [-0.3, -0.25) is 4.79 Å². The summed E-state index contributed by atoms with van der Waals surface area (Å²) >= 11 is 3.17. The Kier molecular flexibility index (Phi) is 3.96. The number of alkyl halides is 1. The van der Waals surface area contributed by atoms with Gasteiger partial charge in [0.2, 0.25) is 0 Å². The van der Waals surface area contributed by atoms with Crippen LogP contribution in [-0.2, 0) is 4.79 Å². The molecule has 0 unspecified atom stereocenters. The topological polar surface area (TPSA) is 26.3 Å². The molecule has 0 bridgehead atoms. The molecule has 0 aliphatic heterocycles. The molecule has 0 atom stereocenters. The highest BCUT2D eigenvalue weighted by molar-refractivity contribution is 9.09. The van der Waals surface area contributed by atoms with Gasteiger partial charge in [0.05, 0.1) is 6.42 Å². The van der Waals surface area contributed by atoms with E-state index in [0.29, 0.717) is 17.5 Å². The van der Waals surface area contributed by atoms with E-state index in [2.05, 4.69) is 15.9 Å². The van der Waals surface area contributed by atoms with Crippen LogP contribution < -0.4 is 4.74 Å². The maximum atomic E-state index is 11.0. The molecular formula is C10H11BrO2. The van der Waals surface area contributed by atoms with Crippen LogP contribution in [0.4, 0.5) is 0 Å². The Morgan fingerprint density at radius 3 is 2.54 bits per heavy atom. The number of esters is 1. The van der Waals surface area contributed by atoms with E-state index in [1.807, 2.05) is 19.1 Å². The van der Waals surface area contributed by atoms with E-state index < -0.39 is 0 Å². The van der Waals surface area contributed by atoms with Gasteiger partial charge >= 0.3 is 5.97 Å². The zero-order chi connectivity index (χ0) is 9.68. The lowest BCUT2D eigenvalue weighted by atomic mass is 10.2. The average Bonchev–Trinajstić information content (AvgIpc) is 2.09. The van der Waals surface area contributed by atoms with Gasteiger partial charge in [-0.15, -0.1) is 0 Å². The maximum absolute atomic E-state index is 11.0. The normalized spacial score (nSPS) is 9.69. The lowest BCUT2D eigenvalue weighted by Gasteiger charge is -2.02. The Bertz CT molecular complexity index is 279. The van der Waals surface area contributed by atoms with Crippen molar-refractivity contribution in [1.29, 1.82) is 0 Å². The van der Waals surface area contributed by atoms with Crippen LogP contribution in [0.1, 0.15) is 12.0 Å². The van der Waals surface area contributed by atoms with Gasteiger partial charge in [-0.1, -0.05) is 33.6 Å². The number of benzene rings is 1. The maximum Gasteiger partial charge on any atom is 0.312 e. The van der Waals surface area contributed by atoms with Crippen molar-refractivity contribution in [3.63, 3.8) is 0 Å². The first kappa shape index (κ1) is 10.3. The molecule has 0 spiro atoms. The fraction of sp³-hybridized carbons (Fsp3) is 0.300. The van der Waals surface area contributed by atoms with Crippen molar-refractivity contribution in [2.75, 3.05) is 5.33 Å². The van der Waals surface area contributed by atoms with Crippen LogP contribution in [0.15, 0.2) is 24.3 Å². The smallest absolute Gasteiger partial charge is 0.312 e. The molecule has 13 heavy (non-hydrogen) atoms. The molecule has 0 fully saturated rings. The quantitative estimate of drug-likeness (QED) is 0.463. The summed E-state index contributed by atoms with van der Waals surface area (Å²) in [5.41, 5.74) is 1.15. The van der Waals surface area contributed by atoms with E-state index in [1.165, 1.54) is 0 Å². The Hall–Kier alpha value is -0.830. The van der Waals surface area contributed by atoms with E-state index in [-0.39, 0.29) is 5.97 Å². The average molecular weight is 243 g/mol. The predicted octanol–water partition coefficient (Wildman–Crippen LogP) is 2.69. The first-order valence-electron chi connectivity index (χ1n) is 4.05. The molecule has 0 amide bonds. The lowest BCUT2D eigenvalue weighted by Crippen LogP contribution is -2.07. The highest BCUT2D eigenvalue weighted by atomic mass is 79.9. The molecule has 0 N–H and O–H groups in total. The van der Waals surface area contributed by atoms with Gasteiger partial charge in [-0.25, -0.2) is 0 Å². The van der Waals surface area contributed by atoms with E-state index in [9.17, 15) is 4.79 Å². The summed E-state index contributed by atoms with van der Waals surface area (Å²) in [6, 6.07) is 7.41. The number of carbonyl (C=O) groups excluding carboxylic acids is 1. The molecule has 0 aromatic heterocycles. The number of halogens is 1. The summed E-state index contributed by atoms with van der Waals surface area (Å²) in [7, 11) is 0. The highest BCUT2D eigenvalue weighted by Gasteiger charge is 2.02. The standard InChI is InChI=1S/C10H11BrO2/c1-8-2-4-9(5-3-8)13-10(12)6-7-11/h2-5H,6-7H2,1H3. The van der Waals surface area contributed by atoms with Gasteiger partial charge < -0.3 is 4.74 Å². The van der Waals surface area contributed by atoms with Gasteiger partial charge in [0, 0.05) is 5.33 Å². The molecule has 3 heteroatoms. The Morgan fingerprint density at radius 2 is 2.00 bits per heavy atom. The van der Waals surface area contributed by atoms with Crippen molar-refractivity contribution in [3.05, 3.63) is 29.8 Å². The molecular weight excluding hydrogens is 232 g/mol. The minimum Gasteiger partial charge on any atom is -0.427 e. The predicted molar refractivity (Wildman–Crippen MR) is 55.2 cm³/mol. The van der Waals surface area contributed by atoms with Crippen LogP contribution in [0.5, 0.6) is 5.75 Å². The van der Waals surface area contributed by atoms with E-state index in [0.717, 1.165) is 5.56 Å². The summed E-state index contributed by atoms with van der Waals surface area (Å²) in [6.45, 7) is 1.99. The van der Waals surface area contributed by atoms with E-state index in [4.69, 9.17) is 4.74 Å². The first-order chi connectivity index (χ1) is 6.22. The van der Waals surface area contributed by atoms with Crippen LogP contribution in [0, 0.1) is 6.92 Å². The highest BCUT2D eigenvalue weighted by Crippen LogP contribution is 2.12. The Labute approximate surface area is 86.0 Å². The fourth-order valence-corrected chi connectivity index (χ4v) is 1.19. The zero-order valence-corrected chi connectivity index (χ0v) is 9.00. The van der Waals surface area contributed by atoms with Crippen molar-refractivity contribution in [1.82, 2.24) is 0 Å². The molecule has 0 radical (unpaired) electrons. The third kappa shape index (κ3) is 3.59. The van der Waals surface area contributed by atoms with Crippen molar-refractivity contribution in [2.45, 2.75) is 13.3 Å². The number of ether oxygens (including phenoxy) is 1. The molecule has 0 aliphatic rings. The summed E-state index contributed by atoms with van der Waals surface area (Å²) < 4.78 is 5.04. The van der Waals surface area contributed by atoms with Crippen LogP contribution in [-0.4, -0.2) is 11.3 Å². The molecule has 1 aromatic carbocycles. The van der Waals surface area contributed by atoms with Crippen LogP contribution in [0.2, 0.25) is 0 Å². The number of aryl methyl sites for hydroxylation is 1. The Morgan fingerprint density at radius 1 is 1.38 bits per heavy atom. The molecule has 2 nitrogen and oxygen atoms in total. The molecule has 0 heterocycles. The SMILES string of the molecule is Cc1ccc(OC(=O)CCBr)cc1. The summed E-state index contributed by atoms with van der Waals surface area (Å²) in [5.74, 6) is 0.400. The molecule has 1 rings (SSSR count). The van der Waals surface area contributed by atoms with Gasteiger partial charge in [0.15, 0.2) is 0 Å². The number of hydrogen-bond acceptors (Lipinski definition) is 2. The summed E-state index contributed by atoms with van der Waals surface area (Å²) in [6.07, 6.45) is 0.397. The van der Waals surface area contributed by atoms with Crippen molar-refractivity contribution < 1.29 is 9.53 Å². The van der Waals surface area contributed by atoms with Crippen molar-refractivity contribution >= 4 is 21.9 Å². The summed E-state index contributed by atoms with van der Waals surface area (Å²) in [5, 5.41) is 0.637. The number of rotatable bonds is 3. The minimum atomic E-state index is -0.208. The van der Waals surface area contributed by atoms with E-state index >= 15 is 0 Å². The molecule has 1 aromatic rings. The van der Waals surface area contributed by atoms with Crippen LogP contribution in [0.25, 0.3) is 0 Å². The summed E-state index contributed by atoms with van der Waals surface area (Å²) in [4.78, 5) is 11.0. The monoisotopic (exact) mass is 242 g/mol. The van der Waals surface area contributed by atoms with Crippen LogP contribution in [0.3, 0.4) is 0 Å². The van der Waals surface area contributed by atoms with Gasteiger partial charge in [-0.05, 0) is 19.1 Å².